The smallest absolute Gasteiger partial charge is 0.254 e. The molecule has 0 radical (unpaired) electrons. The molecular formula is C22H20ClN3O2. The van der Waals surface area contributed by atoms with Crippen molar-refractivity contribution < 1.29 is 9.59 Å². The zero-order valence-corrected chi connectivity index (χ0v) is 16.4. The number of benzene rings is 1. The summed E-state index contributed by atoms with van der Waals surface area (Å²) in [6.07, 6.45) is 6.72. The van der Waals surface area contributed by atoms with E-state index in [0.29, 0.717) is 5.02 Å². The number of carbonyl (C=O) groups excluding carboxylic acids is 2. The first-order chi connectivity index (χ1) is 13.5. The van der Waals surface area contributed by atoms with E-state index in [2.05, 4.69) is 21.8 Å². The summed E-state index contributed by atoms with van der Waals surface area (Å²) in [7, 11) is 0. The van der Waals surface area contributed by atoms with Gasteiger partial charge in [-0.3, -0.25) is 9.59 Å². The van der Waals surface area contributed by atoms with Crippen molar-refractivity contribution in [2.75, 3.05) is 0 Å². The van der Waals surface area contributed by atoms with Gasteiger partial charge in [-0.05, 0) is 62.4 Å². The fourth-order valence-electron chi connectivity index (χ4n) is 5.03. The molecule has 1 aromatic carbocycles. The third-order valence-electron chi connectivity index (χ3n) is 6.31. The maximum Gasteiger partial charge on any atom is 0.254 e. The monoisotopic (exact) mass is 393 g/mol. The molecule has 2 heterocycles. The summed E-state index contributed by atoms with van der Waals surface area (Å²) in [5.41, 5.74) is 3.92. The first-order valence-electron chi connectivity index (χ1n) is 9.50. The van der Waals surface area contributed by atoms with Crippen LogP contribution in [-0.4, -0.2) is 27.6 Å². The van der Waals surface area contributed by atoms with Gasteiger partial charge in [0.25, 0.3) is 11.8 Å². The molecule has 1 saturated heterocycles. The minimum atomic E-state index is -0.221. The van der Waals surface area contributed by atoms with Gasteiger partial charge in [0, 0.05) is 27.7 Å². The molecule has 142 valence electrons. The van der Waals surface area contributed by atoms with Crippen LogP contribution in [0.1, 0.15) is 23.4 Å². The molecule has 1 saturated carbocycles. The fourth-order valence-corrected chi connectivity index (χ4v) is 5.15. The normalized spacial score (nSPS) is 28.2. The van der Waals surface area contributed by atoms with Gasteiger partial charge in [-0.15, -0.1) is 0 Å². The van der Waals surface area contributed by atoms with Gasteiger partial charge >= 0.3 is 0 Å². The summed E-state index contributed by atoms with van der Waals surface area (Å²) in [5, 5.41) is 6.09. The number of imide groups is 1. The molecule has 2 aromatic rings. The number of aryl methyl sites for hydroxylation is 1. The average molecular weight is 394 g/mol. The lowest BCUT2D eigenvalue weighted by Crippen LogP contribution is -2.28. The quantitative estimate of drug-likeness (QED) is 0.451. The van der Waals surface area contributed by atoms with E-state index in [1.165, 1.54) is 0 Å². The molecule has 1 aliphatic heterocycles. The molecule has 28 heavy (non-hydrogen) atoms. The molecule has 2 fully saturated rings. The van der Waals surface area contributed by atoms with Crippen LogP contribution in [0.15, 0.2) is 47.6 Å². The van der Waals surface area contributed by atoms with Crippen molar-refractivity contribution in [3.05, 3.63) is 64.5 Å². The van der Waals surface area contributed by atoms with Crippen LogP contribution in [0, 0.1) is 37.5 Å². The topological polar surface area (TPSA) is 54.7 Å². The SMILES string of the molecule is Cc1cc(C=NN2C(=O)[C@@H]3[C@H](C2=O)[C@H]2C=C[C@H]3C2)c(C)n1-c1ccc(Cl)cc1. The Bertz CT molecular complexity index is 1020. The van der Waals surface area contributed by atoms with Crippen LogP contribution >= 0.6 is 11.6 Å². The number of nitrogens with zero attached hydrogens (tertiary/aromatic N) is 3. The summed E-state index contributed by atoms with van der Waals surface area (Å²) in [4.78, 5) is 25.5. The molecule has 4 atom stereocenters. The zero-order valence-electron chi connectivity index (χ0n) is 15.7. The Labute approximate surface area is 168 Å². The Hall–Kier alpha value is -2.66. The number of aromatic nitrogens is 1. The number of carbonyl (C=O) groups is 2. The molecule has 5 nitrogen and oxygen atoms in total. The molecule has 2 aliphatic carbocycles. The molecule has 3 aliphatic rings. The minimum absolute atomic E-state index is 0.158. The summed E-state index contributed by atoms with van der Waals surface area (Å²) >= 11 is 5.99. The van der Waals surface area contributed by atoms with Gasteiger partial charge in [-0.2, -0.15) is 10.1 Å². The molecule has 2 bridgehead atoms. The van der Waals surface area contributed by atoms with E-state index in [1.807, 2.05) is 44.2 Å². The predicted molar refractivity (Wildman–Crippen MR) is 107 cm³/mol. The number of halogens is 1. The Balaban J connectivity index is 1.44. The van der Waals surface area contributed by atoms with Gasteiger partial charge in [0.05, 0.1) is 18.1 Å². The molecule has 1 aromatic heterocycles. The van der Waals surface area contributed by atoms with Crippen LogP contribution in [0.25, 0.3) is 5.69 Å². The second kappa shape index (κ2) is 6.17. The van der Waals surface area contributed by atoms with Crippen molar-refractivity contribution in [1.29, 1.82) is 0 Å². The van der Waals surface area contributed by atoms with Crippen molar-refractivity contribution in [2.24, 2.45) is 28.8 Å². The Morgan fingerprint density at radius 3 is 2.25 bits per heavy atom. The van der Waals surface area contributed by atoms with E-state index in [0.717, 1.165) is 34.1 Å². The summed E-state index contributed by atoms with van der Waals surface area (Å²) in [5.74, 6) is -0.366. The fraction of sp³-hybridized carbons (Fsp3) is 0.318. The number of rotatable bonds is 3. The van der Waals surface area contributed by atoms with Crippen LogP contribution in [0.3, 0.4) is 0 Å². The number of hydrogen-bond donors (Lipinski definition) is 0. The lowest BCUT2D eigenvalue weighted by molar-refractivity contribution is -0.140. The van der Waals surface area contributed by atoms with E-state index in [4.69, 9.17) is 11.6 Å². The average Bonchev–Trinajstić information content (AvgIpc) is 3.40. The third kappa shape index (κ3) is 2.42. The Kier molecular flexibility index (Phi) is 3.85. The van der Waals surface area contributed by atoms with Gasteiger partial charge < -0.3 is 4.57 Å². The maximum absolute atomic E-state index is 12.8. The minimum Gasteiger partial charge on any atom is -0.318 e. The van der Waals surface area contributed by atoms with Crippen molar-refractivity contribution in [1.82, 2.24) is 9.58 Å². The number of allylic oxidation sites excluding steroid dienone is 2. The maximum atomic E-state index is 12.8. The molecule has 2 amide bonds. The summed E-state index contributed by atoms with van der Waals surface area (Å²) < 4.78 is 2.10. The van der Waals surface area contributed by atoms with Crippen LogP contribution in [-0.2, 0) is 9.59 Å². The standard InChI is InChI=1S/C22H20ClN3O2/c1-12-9-16(13(2)25(12)18-7-5-17(23)6-8-18)11-24-26-21(27)19-14-3-4-15(10-14)20(19)22(26)28/h3-9,11,14-15,19-20H,10H2,1-2H3/t14-,15-,19-,20+/m0/s1. The van der Waals surface area contributed by atoms with Crippen LogP contribution in [0.2, 0.25) is 5.02 Å². The first-order valence-corrected chi connectivity index (χ1v) is 9.88. The van der Waals surface area contributed by atoms with E-state index in [1.54, 1.807) is 6.21 Å². The molecule has 0 spiro atoms. The highest BCUT2D eigenvalue weighted by molar-refractivity contribution is 6.30. The van der Waals surface area contributed by atoms with Gasteiger partial charge in [0.2, 0.25) is 0 Å². The third-order valence-corrected chi connectivity index (χ3v) is 6.57. The van der Waals surface area contributed by atoms with Gasteiger partial charge in [0.15, 0.2) is 0 Å². The van der Waals surface area contributed by atoms with E-state index in [9.17, 15) is 9.59 Å². The molecule has 6 heteroatoms. The first kappa shape index (κ1) is 17.4. The number of hydrogen-bond acceptors (Lipinski definition) is 3. The molecule has 0 unspecified atom stereocenters. The van der Waals surface area contributed by atoms with Crippen molar-refractivity contribution >= 4 is 29.6 Å². The van der Waals surface area contributed by atoms with Crippen LogP contribution in [0.5, 0.6) is 0 Å². The molecular weight excluding hydrogens is 374 g/mol. The second-order valence-corrected chi connectivity index (χ2v) is 8.31. The predicted octanol–water partition coefficient (Wildman–Crippen LogP) is 3.89. The Morgan fingerprint density at radius 1 is 1.04 bits per heavy atom. The lowest BCUT2D eigenvalue weighted by atomic mass is 9.85. The highest BCUT2D eigenvalue weighted by Gasteiger charge is 2.59. The highest BCUT2D eigenvalue weighted by Crippen LogP contribution is 2.52. The highest BCUT2D eigenvalue weighted by atomic mass is 35.5. The van der Waals surface area contributed by atoms with E-state index in [-0.39, 0.29) is 35.5 Å². The molecule has 5 rings (SSSR count). The molecule has 0 N–H and O–H groups in total. The second-order valence-electron chi connectivity index (χ2n) is 7.87. The van der Waals surface area contributed by atoms with Crippen LogP contribution < -0.4 is 0 Å². The van der Waals surface area contributed by atoms with E-state index < -0.39 is 0 Å². The summed E-state index contributed by atoms with van der Waals surface area (Å²) in [6.45, 7) is 4.01. The number of amides is 2. The number of fused-ring (bicyclic) bond motifs is 5. The Morgan fingerprint density at radius 2 is 1.64 bits per heavy atom. The van der Waals surface area contributed by atoms with Crippen molar-refractivity contribution in [2.45, 2.75) is 20.3 Å². The largest absolute Gasteiger partial charge is 0.318 e. The number of hydrazone groups is 1. The summed E-state index contributed by atoms with van der Waals surface area (Å²) in [6, 6.07) is 9.63. The zero-order chi connectivity index (χ0) is 19.6. The van der Waals surface area contributed by atoms with Crippen LogP contribution in [0.4, 0.5) is 0 Å². The van der Waals surface area contributed by atoms with E-state index >= 15 is 0 Å². The lowest BCUT2D eigenvalue weighted by Gasteiger charge is -2.13. The van der Waals surface area contributed by atoms with Crippen molar-refractivity contribution in [3.8, 4) is 5.69 Å². The van der Waals surface area contributed by atoms with Crippen molar-refractivity contribution in [3.63, 3.8) is 0 Å². The van der Waals surface area contributed by atoms with Gasteiger partial charge in [-0.1, -0.05) is 23.8 Å². The van der Waals surface area contributed by atoms with Gasteiger partial charge in [0.1, 0.15) is 0 Å². The van der Waals surface area contributed by atoms with Gasteiger partial charge in [-0.25, -0.2) is 0 Å².